The molecule has 110 valence electrons. The topological polar surface area (TPSA) is 30.5 Å². The Hall–Kier alpha value is -0.540. The van der Waals surface area contributed by atoms with E-state index >= 15 is 0 Å². The van der Waals surface area contributed by atoms with E-state index < -0.39 is 0 Å². The Labute approximate surface area is 117 Å². The summed E-state index contributed by atoms with van der Waals surface area (Å²) in [6.07, 6.45) is 12.3. The maximum atomic E-state index is 5.83. The van der Waals surface area contributed by atoms with Gasteiger partial charge in [0.25, 0.3) is 0 Å². The third-order valence-corrected chi connectivity index (χ3v) is 4.00. The molecular weight excluding hydrogens is 238 g/mol. The normalized spacial score (nSPS) is 25.5. The average Bonchev–Trinajstić information content (AvgIpc) is 2.49. The zero-order valence-electron chi connectivity index (χ0n) is 12.3. The minimum absolute atomic E-state index is 0.394. The Kier molecular flexibility index (Phi) is 6.72. The van der Waals surface area contributed by atoms with Crippen molar-refractivity contribution in [1.82, 2.24) is 5.32 Å². The standard InChI is InChI=1S/C16H29NO2/c1-2-11-17-15(16-8-4-6-13-19-16)10-9-14-7-3-5-12-18-14/h8,14-15,17H,2-7,9-13H2,1H3. The van der Waals surface area contributed by atoms with Crippen LogP contribution in [0.4, 0.5) is 0 Å². The molecule has 1 N–H and O–H groups in total. The highest BCUT2D eigenvalue weighted by molar-refractivity contribution is 5.05. The predicted molar refractivity (Wildman–Crippen MR) is 78.2 cm³/mol. The molecule has 2 heterocycles. The highest BCUT2D eigenvalue weighted by atomic mass is 16.5. The number of nitrogens with one attached hydrogen (secondary N) is 1. The monoisotopic (exact) mass is 267 g/mol. The summed E-state index contributed by atoms with van der Waals surface area (Å²) in [6, 6.07) is 0.394. The van der Waals surface area contributed by atoms with Gasteiger partial charge in [-0.1, -0.05) is 6.92 Å². The molecule has 2 unspecified atom stereocenters. The summed E-state index contributed by atoms with van der Waals surface area (Å²) in [5.41, 5.74) is 0. The largest absolute Gasteiger partial charge is 0.497 e. The van der Waals surface area contributed by atoms with Crippen molar-refractivity contribution in [3.05, 3.63) is 11.8 Å². The van der Waals surface area contributed by atoms with Gasteiger partial charge in [-0.3, -0.25) is 0 Å². The SMILES string of the molecule is CCCNC(CCC1CCCCO1)C1=CCCCO1. The molecule has 0 aromatic heterocycles. The Morgan fingerprint density at radius 3 is 2.95 bits per heavy atom. The summed E-state index contributed by atoms with van der Waals surface area (Å²) in [4.78, 5) is 0. The van der Waals surface area contributed by atoms with Crippen LogP contribution in [0.15, 0.2) is 11.8 Å². The molecule has 0 saturated carbocycles. The van der Waals surface area contributed by atoms with Crippen molar-refractivity contribution in [1.29, 1.82) is 0 Å². The molecule has 0 spiro atoms. The van der Waals surface area contributed by atoms with E-state index in [1.54, 1.807) is 0 Å². The molecule has 2 aliphatic heterocycles. The van der Waals surface area contributed by atoms with Crippen molar-refractivity contribution in [2.24, 2.45) is 0 Å². The van der Waals surface area contributed by atoms with Gasteiger partial charge in [-0.2, -0.15) is 0 Å². The quantitative estimate of drug-likeness (QED) is 0.767. The second-order valence-corrected chi connectivity index (χ2v) is 5.67. The van der Waals surface area contributed by atoms with Gasteiger partial charge in [0.05, 0.1) is 18.8 Å². The number of allylic oxidation sites excluding steroid dienone is 1. The summed E-state index contributed by atoms with van der Waals surface area (Å²) in [5.74, 6) is 1.18. The Morgan fingerprint density at radius 2 is 2.26 bits per heavy atom. The van der Waals surface area contributed by atoms with Gasteiger partial charge in [0.15, 0.2) is 0 Å². The van der Waals surface area contributed by atoms with Crippen LogP contribution in [0.1, 0.15) is 58.3 Å². The molecule has 0 amide bonds. The van der Waals surface area contributed by atoms with Gasteiger partial charge in [0.2, 0.25) is 0 Å². The van der Waals surface area contributed by atoms with Crippen LogP contribution in [0, 0.1) is 0 Å². The summed E-state index contributed by atoms with van der Waals surface area (Å²) in [7, 11) is 0. The minimum atomic E-state index is 0.394. The third-order valence-electron chi connectivity index (χ3n) is 4.00. The van der Waals surface area contributed by atoms with Gasteiger partial charge < -0.3 is 14.8 Å². The van der Waals surface area contributed by atoms with Gasteiger partial charge in [-0.05, 0) is 64.0 Å². The van der Waals surface area contributed by atoms with Crippen molar-refractivity contribution in [3.8, 4) is 0 Å². The molecule has 0 aromatic rings. The molecule has 19 heavy (non-hydrogen) atoms. The molecule has 2 rings (SSSR count). The molecule has 0 radical (unpaired) electrons. The van der Waals surface area contributed by atoms with Crippen molar-refractivity contribution in [2.45, 2.75) is 70.4 Å². The lowest BCUT2D eigenvalue weighted by Gasteiger charge is -2.28. The lowest BCUT2D eigenvalue weighted by Crippen LogP contribution is -2.35. The van der Waals surface area contributed by atoms with Crippen molar-refractivity contribution in [3.63, 3.8) is 0 Å². The fraction of sp³-hybridized carbons (Fsp3) is 0.875. The van der Waals surface area contributed by atoms with Gasteiger partial charge in [-0.25, -0.2) is 0 Å². The zero-order chi connectivity index (χ0) is 13.3. The fourth-order valence-electron chi connectivity index (χ4n) is 2.87. The molecule has 0 aromatic carbocycles. The first-order chi connectivity index (χ1) is 9.40. The maximum Gasteiger partial charge on any atom is 0.109 e. The number of hydrogen-bond donors (Lipinski definition) is 1. The van der Waals surface area contributed by atoms with E-state index in [2.05, 4.69) is 18.3 Å². The fourth-order valence-corrected chi connectivity index (χ4v) is 2.87. The van der Waals surface area contributed by atoms with Crippen LogP contribution in [0.25, 0.3) is 0 Å². The van der Waals surface area contributed by atoms with Gasteiger partial charge in [-0.15, -0.1) is 0 Å². The van der Waals surface area contributed by atoms with Crippen LogP contribution >= 0.6 is 0 Å². The molecule has 2 atom stereocenters. The van der Waals surface area contributed by atoms with Crippen LogP contribution < -0.4 is 5.32 Å². The Balaban J connectivity index is 1.80. The number of ether oxygens (including phenoxy) is 2. The van der Waals surface area contributed by atoms with E-state index in [-0.39, 0.29) is 0 Å². The molecule has 0 bridgehead atoms. The summed E-state index contributed by atoms with van der Waals surface area (Å²) in [6.45, 7) is 5.12. The second-order valence-electron chi connectivity index (χ2n) is 5.67. The minimum Gasteiger partial charge on any atom is -0.497 e. The van der Waals surface area contributed by atoms with Crippen LogP contribution in [-0.4, -0.2) is 31.9 Å². The van der Waals surface area contributed by atoms with Crippen molar-refractivity contribution in [2.75, 3.05) is 19.8 Å². The summed E-state index contributed by atoms with van der Waals surface area (Å²) in [5, 5.41) is 3.63. The smallest absolute Gasteiger partial charge is 0.109 e. The Morgan fingerprint density at radius 1 is 1.32 bits per heavy atom. The van der Waals surface area contributed by atoms with E-state index in [4.69, 9.17) is 9.47 Å². The molecule has 3 heteroatoms. The van der Waals surface area contributed by atoms with E-state index in [9.17, 15) is 0 Å². The molecule has 3 nitrogen and oxygen atoms in total. The zero-order valence-corrected chi connectivity index (χ0v) is 12.3. The predicted octanol–water partition coefficient (Wildman–Crippen LogP) is 3.40. The molecule has 2 aliphatic rings. The highest BCUT2D eigenvalue weighted by Crippen LogP contribution is 2.22. The average molecular weight is 267 g/mol. The van der Waals surface area contributed by atoms with Crippen LogP contribution in [0.2, 0.25) is 0 Å². The third kappa shape index (κ3) is 5.15. The van der Waals surface area contributed by atoms with E-state index in [1.807, 2.05) is 0 Å². The van der Waals surface area contributed by atoms with E-state index in [0.717, 1.165) is 39.0 Å². The first-order valence-corrected chi connectivity index (χ1v) is 8.08. The maximum absolute atomic E-state index is 5.83. The van der Waals surface area contributed by atoms with Crippen molar-refractivity contribution < 1.29 is 9.47 Å². The van der Waals surface area contributed by atoms with Crippen LogP contribution in [0.5, 0.6) is 0 Å². The molecule has 1 saturated heterocycles. The molecule has 0 aliphatic carbocycles. The molecule has 1 fully saturated rings. The lowest BCUT2D eigenvalue weighted by atomic mass is 9.99. The Bertz CT molecular complexity index is 272. The second kappa shape index (κ2) is 8.60. The van der Waals surface area contributed by atoms with E-state index in [1.165, 1.54) is 37.9 Å². The van der Waals surface area contributed by atoms with Crippen LogP contribution in [-0.2, 0) is 9.47 Å². The number of hydrogen-bond acceptors (Lipinski definition) is 3. The van der Waals surface area contributed by atoms with Crippen LogP contribution in [0.3, 0.4) is 0 Å². The summed E-state index contributed by atoms with van der Waals surface area (Å²) >= 11 is 0. The lowest BCUT2D eigenvalue weighted by molar-refractivity contribution is 0.00797. The highest BCUT2D eigenvalue weighted by Gasteiger charge is 2.20. The van der Waals surface area contributed by atoms with Gasteiger partial charge in [0.1, 0.15) is 5.76 Å². The summed E-state index contributed by atoms with van der Waals surface area (Å²) < 4.78 is 11.7. The van der Waals surface area contributed by atoms with Gasteiger partial charge >= 0.3 is 0 Å². The number of rotatable bonds is 7. The first kappa shape index (κ1) is 14.9. The first-order valence-electron chi connectivity index (χ1n) is 8.08. The van der Waals surface area contributed by atoms with Crippen molar-refractivity contribution >= 4 is 0 Å². The van der Waals surface area contributed by atoms with Gasteiger partial charge in [0, 0.05) is 6.61 Å². The van der Waals surface area contributed by atoms with E-state index in [0.29, 0.717) is 12.1 Å². The molecular formula is C16H29NO2.